The van der Waals surface area contributed by atoms with E-state index >= 15 is 0 Å². The molecule has 28 heavy (non-hydrogen) atoms. The Kier molecular flexibility index (Phi) is 5.19. The minimum Gasteiger partial charge on any atom is -0.337 e. The number of aromatic nitrogens is 2. The standard InChI is InChI=1S/C19H20N4O3S2/c24-19(22-11-1-4-17(14-22)23-12-3-10-20-23)15-6-8-16(9-7-15)21-28(25,26)18-5-2-13-27-18/h2-3,5-10,12-13,17,21H,1,4,11,14H2. The highest BCUT2D eigenvalue weighted by atomic mass is 32.2. The summed E-state index contributed by atoms with van der Waals surface area (Å²) in [6, 6.07) is 11.9. The molecule has 1 N–H and O–H groups in total. The van der Waals surface area contributed by atoms with E-state index in [1.165, 1.54) is 0 Å². The van der Waals surface area contributed by atoms with Crippen LogP contribution in [0.5, 0.6) is 0 Å². The van der Waals surface area contributed by atoms with E-state index in [9.17, 15) is 13.2 Å². The van der Waals surface area contributed by atoms with Gasteiger partial charge in [-0.2, -0.15) is 5.10 Å². The van der Waals surface area contributed by atoms with E-state index in [0.29, 0.717) is 24.3 Å². The second-order valence-electron chi connectivity index (χ2n) is 6.65. The molecule has 1 aliphatic heterocycles. The number of hydrogen-bond acceptors (Lipinski definition) is 5. The van der Waals surface area contributed by atoms with Gasteiger partial charge in [0.15, 0.2) is 0 Å². The van der Waals surface area contributed by atoms with Crippen LogP contribution >= 0.6 is 11.3 Å². The Morgan fingerprint density at radius 3 is 2.68 bits per heavy atom. The number of rotatable bonds is 5. The first-order valence-electron chi connectivity index (χ1n) is 8.98. The second kappa shape index (κ2) is 7.76. The second-order valence-corrected chi connectivity index (χ2v) is 9.51. The Bertz CT molecular complexity index is 1030. The van der Waals surface area contributed by atoms with Crippen molar-refractivity contribution in [1.82, 2.24) is 14.7 Å². The molecule has 1 fully saturated rings. The van der Waals surface area contributed by atoms with Gasteiger partial charge in [0.2, 0.25) is 0 Å². The van der Waals surface area contributed by atoms with Gasteiger partial charge in [-0.1, -0.05) is 6.07 Å². The predicted molar refractivity (Wildman–Crippen MR) is 108 cm³/mol. The summed E-state index contributed by atoms with van der Waals surface area (Å²) in [6.07, 6.45) is 5.59. The van der Waals surface area contributed by atoms with E-state index in [0.717, 1.165) is 24.2 Å². The monoisotopic (exact) mass is 416 g/mol. The highest BCUT2D eigenvalue weighted by Crippen LogP contribution is 2.24. The van der Waals surface area contributed by atoms with Crippen LogP contribution in [0.2, 0.25) is 0 Å². The number of sulfonamides is 1. The number of thiophene rings is 1. The van der Waals surface area contributed by atoms with E-state index in [2.05, 4.69) is 9.82 Å². The van der Waals surface area contributed by atoms with E-state index in [1.807, 2.05) is 21.8 Å². The van der Waals surface area contributed by atoms with Gasteiger partial charge in [-0.05, 0) is 54.6 Å². The van der Waals surface area contributed by atoms with Crippen molar-refractivity contribution >= 4 is 33.0 Å². The molecule has 0 spiro atoms. The van der Waals surface area contributed by atoms with Gasteiger partial charge >= 0.3 is 0 Å². The third kappa shape index (κ3) is 3.95. The smallest absolute Gasteiger partial charge is 0.271 e. The molecule has 1 atom stereocenters. The summed E-state index contributed by atoms with van der Waals surface area (Å²) in [4.78, 5) is 14.7. The number of likely N-dealkylation sites (tertiary alicyclic amines) is 1. The molecular formula is C19H20N4O3S2. The van der Waals surface area contributed by atoms with Crippen molar-refractivity contribution in [1.29, 1.82) is 0 Å². The van der Waals surface area contributed by atoms with Crippen LogP contribution in [0.25, 0.3) is 0 Å². The molecule has 1 unspecified atom stereocenters. The number of carbonyl (C=O) groups excluding carboxylic acids is 1. The van der Waals surface area contributed by atoms with Crippen molar-refractivity contribution in [3.8, 4) is 0 Å². The summed E-state index contributed by atoms with van der Waals surface area (Å²) in [5, 5.41) is 6.00. The molecule has 0 aliphatic carbocycles. The average Bonchev–Trinajstić information content (AvgIpc) is 3.42. The third-order valence-corrected chi connectivity index (χ3v) is 7.51. The predicted octanol–water partition coefficient (Wildman–Crippen LogP) is 3.22. The molecule has 4 rings (SSSR count). The molecule has 146 valence electrons. The Morgan fingerprint density at radius 2 is 2.00 bits per heavy atom. The number of hydrogen-bond donors (Lipinski definition) is 1. The Balaban J connectivity index is 1.44. The fraction of sp³-hybridized carbons (Fsp3) is 0.263. The summed E-state index contributed by atoms with van der Waals surface area (Å²) >= 11 is 1.16. The van der Waals surface area contributed by atoms with Crippen LogP contribution in [0.3, 0.4) is 0 Å². The molecule has 7 nitrogen and oxygen atoms in total. The van der Waals surface area contributed by atoms with E-state index in [-0.39, 0.29) is 16.2 Å². The van der Waals surface area contributed by atoms with E-state index in [4.69, 9.17) is 0 Å². The van der Waals surface area contributed by atoms with Gasteiger partial charge in [0.1, 0.15) is 4.21 Å². The lowest BCUT2D eigenvalue weighted by molar-refractivity contribution is 0.0673. The van der Waals surface area contributed by atoms with Gasteiger partial charge in [0, 0.05) is 36.7 Å². The lowest BCUT2D eigenvalue weighted by Crippen LogP contribution is -2.40. The van der Waals surface area contributed by atoms with Crippen molar-refractivity contribution in [2.75, 3.05) is 17.8 Å². The van der Waals surface area contributed by atoms with Gasteiger partial charge in [-0.15, -0.1) is 11.3 Å². The van der Waals surface area contributed by atoms with Crippen LogP contribution < -0.4 is 4.72 Å². The number of amides is 1. The SMILES string of the molecule is O=C(c1ccc(NS(=O)(=O)c2cccs2)cc1)N1CCCC(n2cccn2)C1. The first-order valence-corrected chi connectivity index (χ1v) is 11.3. The van der Waals surface area contributed by atoms with Gasteiger partial charge in [0.05, 0.1) is 6.04 Å². The zero-order valence-electron chi connectivity index (χ0n) is 15.1. The fourth-order valence-corrected chi connectivity index (χ4v) is 5.39. The summed E-state index contributed by atoms with van der Waals surface area (Å²) in [7, 11) is -3.59. The molecule has 1 aliphatic rings. The van der Waals surface area contributed by atoms with Gasteiger partial charge in [0.25, 0.3) is 15.9 Å². The molecule has 0 radical (unpaired) electrons. The number of carbonyl (C=O) groups is 1. The number of anilines is 1. The Morgan fingerprint density at radius 1 is 1.18 bits per heavy atom. The molecule has 3 heterocycles. The first kappa shape index (κ1) is 18.7. The fourth-order valence-electron chi connectivity index (χ4n) is 3.34. The Hall–Kier alpha value is -2.65. The van der Waals surface area contributed by atoms with Gasteiger partial charge in [-0.25, -0.2) is 8.42 Å². The summed E-state index contributed by atoms with van der Waals surface area (Å²) in [5.74, 6) is -0.0514. The van der Waals surface area contributed by atoms with Crippen LogP contribution in [-0.2, 0) is 10.0 Å². The zero-order chi connectivity index (χ0) is 19.6. The molecule has 1 aromatic carbocycles. The zero-order valence-corrected chi connectivity index (χ0v) is 16.7. The Labute approximate surface area is 167 Å². The maximum Gasteiger partial charge on any atom is 0.271 e. The number of nitrogens with one attached hydrogen (secondary N) is 1. The molecule has 9 heteroatoms. The van der Waals surface area contributed by atoms with Crippen molar-refractivity contribution in [3.05, 3.63) is 65.8 Å². The molecule has 3 aromatic rings. The highest BCUT2D eigenvalue weighted by molar-refractivity contribution is 7.94. The molecule has 0 bridgehead atoms. The molecular weight excluding hydrogens is 396 g/mol. The topological polar surface area (TPSA) is 84.3 Å². The van der Waals surface area contributed by atoms with Crippen molar-refractivity contribution in [2.45, 2.75) is 23.1 Å². The minimum atomic E-state index is -3.59. The molecule has 1 saturated heterocycles. The van der Waals surface area contributed by atoms with Crippen molar-refractivity contribution < 1.29 is 13.2 Å². The largest absolute Gasteiger partial charge is 0.337 e. The van der Waals surface area contributed by atoms with Crippen molar-refractivity contribution in [3.63, 3.8) is 0 Å². The maximum atomic E-state index is 12.9. The lowest BCUT2D eigenvalue weighted by Gasteiger charge is -2.33. The van der Waals surface area contributed by atoms with Crippen LogP contribution in [0.4, 0.5) is 5.69 Å². The first-order chi connectivity index (χ1) is 13.5. The van der Waals surface area contributed by atoms with Crippen LogP contribution in [0, 0.1) is 0 Å². The average molecular weight is 417 g/mol. The number of benzene rings is 1. The molecule has 2 aromatic heterocycles. The normalized spacial score (nSPS) is 17.4. The van der Waals surface area contributed by atoms with Gasteiger partial charge in [-0.3, -0.25) is 14.2 Å². The summed E-state index contributed by atoms with van der Waals surface area (Å²) in [6.45, 7) is 1.33. The lowest BCUT2D eigenvalue weighted by atomic mass is 10.0. The minimum absolute atomic E-state index is 0.0514. The summed E-state index contributed by atoms with van der Waals surface area (Å²) < 4.78 is 29.3. The highest BCUT2D eigenvalue weighted by Gasteiger charge is 2.25. The summed E-state index contributed by atoms with van der Waals surface area (Å²) in [5.41, 5.74) is 0.971. The molecule has 0 saturated carbocycles. The number of nitrogens with zero attached hydrogens (tertiary/aromatic N) is 3. The molecule has 1 amide bonds. The maximum absolute atomic E-state index is 12.9. The van der Waals surface area contributed by atoms with E-state index < -0.39 is 10.0 Å². The van der Waals surface area contributed by atoms with Crippen LogP contribution in [-0.4, -0.2) is 42.1 Å². The van der Waals surface area contributed by atoms with Crippen LogP contribution in [0.1, 0.15) is 29.2 Å². The van der Waals surface area contributed by atoms with Crippen molar-refractivity contribution in [2.24, 2.45) is 0 Å². The quantitative estimate of drug-likeness (QED) is 0.692. The number of piperidine rings is 1. The van der Waals surface area contributed by atoms with E-state index in [1.54, 1.807) is 48.0 Å². The van der Waals surface area contributed by atoms with Gasteiger partial charge < -0.3 is 4.90 Å². The van der Waals surface area contributed by atoms with Crippen LogP contribution in [0.15, 0.2) is 64.4 Å². The third-order valence-electron chi connectivity index (χ3n) is 4.73.